The first-order valence-corrected chi connectivity index (χ1v) is 7.13. The van der Waals surface area contributed by atoms with Crippen LogP contribution in [0.3, 0.4) is 0 Å². The number of aryl methyl sites for hydroxylation is 2. The van der Waals surface area contributed by atoms with Crippen LogP contribution in [0.15, 0.2) is 12.4 Å². The molecule has 1 aromatic heterocycles. The molecule has 2 saturated heterocycles. The van der Waals surface area contributed by atoms with Gasteiger partial charge in [-0.1, -0.05) is 0 Å². The second-order valence-corrected chi connectivity index (χ2v) is 5.65. The summed E-state index contributed by atoms with van der Waals surface area (Å²) in [6.45, 7) is 3.22. The lowest BCUT2D eigenvalue weighted by molar-refractivity contribution is -0.149. The maximum Gasteiger partial charge on any atom is 0.223 e. The van der Waals surface area contributed by atoms with Crippen molar-refractivity contribution in [2.24, 2.45) is 7.05 Å². The third kappa shape index (κ3) is 2.58. The molecule has 2 fully saturated rings. The zero-order valence-corrected chi connectivity index (χ0v) is 11.9. The SMILES string of the molecule is Cn1cc(CCC(=O)N2CCOCC23CCOC3)cn1. The van der Waals surface area contributed by atoms with Crippen LogP contribution in [0.1, 0.15) is 18.4 Å². The molecule has 0 radical (unpaired) electrons. The van der Waals surface area contributed by atoms with E-state index in [0.717, 1.165) is 25.0 Å². The summed E-state index contributed by atoms with van der Waals surface area (Å²) in [7, 11) is 1.89. The van der Waals surface area contributed by atoms with Gasteiger partial charge in [-0.25, -0.2) is 0 Å². The van der Waals surface area contributed by atoms with Crippen LogP contribution >= 0.6 is 0 Å². The van der Waals surface area contributed by atoms with Crippen molar-refractivity contribution in [1.82, 2.24) is 14.7 Å². The Bertz CT molecular complexity index is 480. The number of carbonyl (C=O) groups is 1. The van der Waals surface area contributed by atoms with Gasteiger partial charge in [-0.05, 0) is 18.4 Å². The van der Waals surface area contributed by atoms with Gasteiger partial charge in [0.05, 0.1) is 31.6 Å². The molecule has 20 heavy (non-hydrogen) atoms. The molecule has 0 aliphatic carbocycles. The van der Waals surface area contributed by atoms with E-state index in [9.17, 15) is 4.79 Å². The van der Waals surface area contributed by atoms with Gasteiger partial charge in [0, 0.05) is 32.8 Å². The fraction of sp³-hybridized carbons (Fsp3) is 0.714. The van der Waals surface area contributed by atoms with Crippen molar-refractivity contribution in [2.45, 2.75) is 24.8 Å². The van der Waals surface area contributed by atoms with Crippen molar-refractivity contribution in [3.63, 3.8) is 0 Å². The minimum atomic E-state index is -0.218. The minimum Gasteiger partial charge on any atom is -0.379 e. The van der Waals surface area contributed by atoms with E-state index in [1.165, 1.54) is 0 Å². The van der Waals surface area contributed by atoms with Gasteiger partial charge in [-0.3, -0.25) is 9.48 Å². The Hall–Kier alpha value is -1.40. The number of carbonyl (C=O) groups excluding carboxylic acids is 1. The molecule has 6 heteroatoms. The topological polar surface area (TPSA) is 56.6 Å². The Morgan fingerprint density at radius 1 is 1.40 bits per heavy atom. The van der Waals surface area contributed by atoms with E-state index in [-0.39, 0.29) is 11.4 Å². The first-order chi connectivity index (χ1) is 9.70. The Morgan fingerprint density at radius 2 is 2.20 bits per heavy atom. The molecular formula is C14H21N3O3. The Kier molecular flexibility index (Phi) is 3.76. The number of amides is 1. The van der Waals surface area contributed by atoms with Crippen LogP contribution in [0, 0.1) is 0 Å². The van der Waals surface area contributed by atoms with Crippen molar-refractivity contribution in [1.29, 1.82) is 0 Å². The average Bonchev–Trinajstić information content (AvgIpc) is 3.07. The second kappa shape index (κ2) is 5.54. The molecule has 1 amide bonds. The zero-order valence-electron chi connectivity index (χ0n) is 11.9. The number of nitrogens with zero attached hydrogens (tertiary/aromatic N) is 3. The standard InChI is InChI=1S/C14H21N3O3/c1-16-9-12(8-15-16)2-3-13(18)17-5-7-20-11-14(17)4-6-19-10-14/h8-9H,2-7,10-11H2,1H3. The summed E-state index contributed by atoms with van der Waals surface area (Å²) in [5, 5.41) is 4.13. The van der Waals surface area contributed by atoms with E-state index >= 15 is 0 Å². The molecule has 0 saturated carbocycles. The van der Waals surface area contributed by atoms with Gasteiger partial charge in [-0.2, -0.15) is 5.10 Å². The highest BCUT2D eigenvalue weighted by Gasteiger charge is 2.45. The highest BCUT2D eigenvalue weighted by Crippen LogP contribution is 2.30. The Labute approximate surface area is 118 Å². The van der Waals surface area contributed by atoms with Crippen molar-refractivity contribution in [3.05, 3.63) is 18.0 Å². The first-order valence-electron chi connectivity index (χ1n) is 7.13. The quantitative estimate of drug-likeness (QED) is 0.802. The normalized spacial score (nSPS) is 26.4. The predicted octanol–water partition coefficient (Wildman–Crippen LogP) is 0.371. The molecule has 2 aliphatic heterocycles. The van der Waals surface area contributed by atoms with Crippen molar-refractivity contribution < 1.29 is 14.3 Å². The van der Waals surface area contributed by atoms with Gasteiger partial charge in [0.15, 0.2) is 0 Å². The average molecular weight is 279 g/mol. The summed E-state index contributed by atoms with van der Waals surface area (Å²) >= 11 is 0. The van der Waals surface area contributed by atoms with E-state index in [0.29, 0.717) is 32.8 Å². The zero-order chi connectivity index (χ0) is 14.0. The maximum absolute atomic E-state index is 12.5. The number of rotatable bonds is 3. The molecular weight excluding hydrogens is 258 g/mol. The molecule has 0 N–H and O–H groups in total. The van der Waals surface area contributed by atoms with Gasteiger partial charge in [-0.15, -0.1) is 0 Å². The van der Waals surface area contributed by atoms with Crippen LogP contribution in [-0.4, -0.2) is 59.1 Å². The van der Waals surface area contributed by atoms with Gasteiger partial charge in [0.1, 0.15) is 0 Å². The summed E-state index contributed by atoms with van der Waals surface area (Å²) < 4.78 is 12.8. The highest BCUT2D eigenvalue weighted by molar-refractivity contribution is 5.77. The van der Waals surface area contributed by atoms with Crippen molar-refractivity contribution in [2.75, 3.05) is 33.0 Å². The summed E-state index contributed by atoms with van der Waals surface area (Å²) in [4.78, 5) is 14.5. The van der Waals surface area contributed by atoms with E-state index in [1.54, 1.807) is 4.68 Å². The fourth-order valence-corrected chi connectivity index (χ4v) is 3.03. The molecule has 110 valence electrons. The first kappa shape index (κ1) is 13.6. The molecule has 1 atom stereocenters. The number of aromatic nitrogens is 2. The monoisotopic (exact) mass is 279 g/mol. The molecule has 3 heterocycles. The highest BCUT2D eigenvalue weighted by atomic mass is 16.5. The van der Waals surface area contributed by atoms with Crippen LogP contribution in [-0.2, 0) is 27.7 Å². The predicted molar refractivity (Wildman–Crippen MR) is 72.2 cm³/mol. The Morgan fingerprint density at radius 3 is 2.90 bits per heavy atom. The van der Waals surface area contributed by atoms with Gasteiger partial charge in [0.25, 0.3) is 0 Å². The molecule has 3 rings (SSSR count). The van der Waals surface area contributed by atoms with E-state index in [1.807, 2.05) is 24.3 Å². The largest absolute Gasteiger partial charge is 0.379 e. The summed E-state index contributed by atoms with van der Waals surface area (Å²) in [5.74, 6) is 0.197. The lowest BCUT2D eigenvalue weighted by Crippen LogP contribution is -2.59. The molecule has 0 bridgehead atoms. The molecule has 1 unspecified atom stereocenters. The third-order valence-corrected chi connectivity index (χ3v) is 4.17. The molecule has 0 aromatic carbocycles. The van der Waals surface area contributed by atoms with Crippen LogP contribution in [0.4, 0.5) is 0 Å². The van der Waals surface area contributed by atoms with Crippen LogP contribution < -0.4 is 0 Å². The number of hydrogen-bond acceptors (Lipinski definition) is 4. The molecule has 6 nitrogen and oxygen atoms in total. The van der Waals surface area contributed by atoms with E-state index < -0.39 is 0 Å². The van der Waals surface area contributed by atoms with Crippen LogP contribution in [0.25, 0.3) is 0 Å². The van der Waals surface area contributed by atoms with Crippen molar-refractivity contribution >= 4 is 5.91 Å². The van der Waals surface area contributed by atoms with Crippen molar-refractivity contribution in [3.8, 4) is 0 Å². The van der Waals surface area contributed by atoms with Crippen LogP contribution in [0.5, 0.6) is 0 Å². The van der Waals surface area contributed by atoms with Gasteiger partial charge >= 0.3 is 0 Å². The molecule has 1 spiro atoms. The smallest absolute Gasteiger partial charge is 0.223 e. The summed E-state index contributed by atoms with van der Waals surface area (Å²) in [6.07, 6.45) is 5.92. The number of morpholine rings is 1. The molecule has 2 aliphatic rings. The van der Waals surface area contributed by atoms with Crippen LogP contribution in [0.2, 0.25) is 0 Å². The number of ether oxygens (including phenoxy) is 2. The third-order valence-electron chi connectivity index (χ3n) is 4.17. The van der Waals surface area contributed by atoms with E-state index in [4.69, 9.17) is 9.47 Å². The minimum absolute atomic E-state index is 0.197. The fourth-order valence-electron chi connectivity index (χ4n) is 3.03. The lowest BCUT2D eigenvalue weighted by Gasteiger charge is -2.43. The maximum atomic E-state index is 12.5. The number of hydrogen-bond donors (Lipinski definition) is 0. The molecule has 1 aromatic rings. The second-order valence-electron chi connectivity index (χ2n) is 5.65. The lowest BCUT2D eigenvalue weighted by atomic mass is 9.95. The van der Waals surface area contributed by atoms with Gasteiger partial charge in [0.2, 0.25) is 5.91 Å². The van der Waals surface area contributed by atoms with Gasteiger partial charge < -0.3 is 14.4 Å². The van der Waals surface area contributed by atoms with E-state index in [2.05, 4.69) is 5.10 Å². The summed E-state index contributed by atoms with van der Waals surface area (Å²) in [6, 6.07) is 0. The summed E-state index contributed by atoms with van der Waals surface area (Å²) in [5.41, 5.74) is 0.885. The Balaban J connectivity index is 1.63.